The zero-order chi connectivity index (χ0) is 19.9. The van der Waals surface area contributed by atoms with Crippen LogP contribution in [-0.4, -0.2) is 23.2 Å². The van der Waals surface area contributed by atoms with E-state index in [1.165, 1.54) is 0 Å². The van der Waals surface area contributed by atoms with Gasteiger partial charge in [0.15, 0.2) is 6.29 Å². The molecule has 2 aromatic carbocycles. The summed E-state index contributed by atoms with van der Waals surface area (Å²) in [5.41, 5.74) is 8.05. The number of anilines is 1. The summed E-state index contributed by atoms with van der Waals surface area (Å²) in [5.74, 6) is 0.645. The molecule has 0 atom stereocenters. The second-order valence-corrected chi connectivity index (χ2v) is 6.33. The van der Waals surface area contributed by atoms with Crippen molar-refractivity contribution in [1.29, 1.82) is 0 Å². The van der Waals surface area contributed by atoms with Crippen LogP contribution < -0.4 is 5.43 Å². The van der Waals surface area contributed by atoms with Crippen molar-refractivity contribution < 1.29 is 4.79 Å². The summed E-state index contributed by atoms with van der Waals surface area (Å²) < 4.78 is 0. The van der Waals surface area contributed by atoms with E-state index in [4.69, 9.17) is 0 Å². The minimum atomic E-state index is 0.645. The lowest BCUT2D eigenvalue weighted by atomic mass is 10.1. The number of aldehydes is 1. The molecule has 28 heavy (non-hydrogen) atoms. The van der Waals surface area contributed by atoms with Crippen molar-refractivity contribution in [2.24, 2.45) is 10.1 Å². The van der Waals surface area contributed by atoms with Gasteiger partial charge in [0.2, 0.25) is 0 Å². The zero-order valence-corrected chi connectivity index (χ0v) is 16.2. The van der Waals surface area contributed by atoms with Crippen molar-refractivity contribution in [3.63, 3.8) is 0 Å². The van der Waals surface area contributed by atoms with Gasteiger partial charge in [-0.05, 0) is 50.1 Å². The van der Waals surface area contributed by atoms with E-state index in [0.717, 1.165) is 39.7 Å². The summed E-state index contributed by atoms with van der Waals surface area (Å²) >= 11 is 0. The molecular weight excluding hydrogens is 348 g/mol. The molecule has 0 bridgehead atoms. The smallest absolute Gasteiger partial charge is 0.150 e. The van der Waals surface area contributed by atoms with Gasteiger partial charge in [-0.3, -0.25) is 15.2 Å². The molecule has 0 aliphatic carbocycles. The lowest BCUT2D eigenvalue weighted by Crippen LogP contribution is -1.97. The Kier molecular flexibility index (Phi) is 6.07. The van der Waals surface area contributed by atoms with Crippen molar-refractivity contribution in [2.75, 3.05) is 5.43 Å². The van der Waals surface area contributed by atoms with Crippen LogP contribution in [0.3, 0.4) is 0 Å². The van der Waals surface area contributed by atoms with Gasteiger partial charge < -0.3 is 0 Å². The second-order valence-electron chi connectivity index (χ2n) is 6.33. The number of carbonyl (C=O) groups is 1. The van der Waals surface area contributed by atoms with Crippen LogP contribution in [0, 0.1) is 6.92 Å². The fraction of sp³-hybridized carbons (Fsp3) is 0.130. The van der Waals surface area contributed by atoms with Crippen molar-refractivity contribution in [3.8, 4) is 0 Å². The molecule has 3 rings (SSSR count). The number of allylic oxidation sites excluding steroid dienone is 1. The summed E-state index contributed by atoms with van der Waals surface area (Å²) in [7, 11) is 0. The Hall–Kier alpha value is -3.60. The van der Waals surface area contributed by atoms with Gasteiger partial charge in [0.1, 0.15) is 5.82 Å². The first kappa shape index (κ1) is 19.2. The van der Waals surface area contributed by atoms with Crippen LogP contribution in [0.4, 0.5) is 11.5 Å². The molecule has 0 aliphatic rings. The summed E-state index contributed by atoms with van der Waals surface area (Å²) in [5, 5.41) is 5.39. The number of rotatable bonds is 6. The molecule has 0 amide bonds. The quantitative estimate of drug-likeness (QED) is 0.350. The van der Waals surface area contributed by atoms with Gasteiger partial charge in [0, 0.05) is 17.2 Å². The first-order chi connectivity index (χ1) is 13.6. The molecule has 0 radical (unpaired) electrons. The fourth-order valence-electron chi connectivity index (χ4n) is 2.79. The number of aliphatic imine (C=N–C) groups is 1. The fourth-order valence-corrected chi connectivity index (χ4v) is 2.79. The Bertz CT molecular complexity index is 1100. The normalized spacial score (nSPS) is 12.2. The number of benzene rings is 2. The van der Waals surface area contributed by atoms with Crippen LogP contribution in [0.25, 0.3) is 17.0 Å². The third kappa shape index (κ3) is 4.38. The Morgan fingerprint density at radius 1 is 1.07 bits per heavy atom. The minimum Gasteiger partial charge on any atom is -0.298 e. The molecule has 1 N–H and O–H groups in total. The standard InChI is InChI=1S/C23H22N4O/c1-4-24-22-16(2)9-11-19-13-14-21(25-23(19)22)27-26-17(3)10-12-18-7-5-6-8-20(18)15-28/h4-15H,1-3H3,(H,25,27)/b12-10-,24-4?,26-17+. The van der Waals surface area contributed by atoms with E-state index in [2.05, 4.69) is 20.5 Å². The highest BCUT2D eigenvalue weighted by molar-refractivity contribution is 5.98. The van der Waals surface area contributed by atoms with Crippen LogP contribution in [0.1, 0.15) is 35.3 Å². The van der Waals surface area contributed by atoms with Crippen LogP contribution in [0.2, 0.25) is 0 Å². The minimum absolute atomic E-state index is 0.645. The number of nitrogens with zero attached hydrogens (tertiary/aromatic N) is 3. The molecule has 3 aromatic rings. The van der Waals surface area contributed by atoms with Gasteiger partial charge in [-0.2, -0.15) is 5.10 Å². The highest BCUT2D eigenvalue weighted by Crippen LogP contribution is 2.29. The number of nitrogens with one attached hydrogen (secondary N) is 1. The van der Waals surface area contributed by atoms with E-state index in [0.29, 0.717) is 11.4 Å². The van der Waals surface area contributed by atoms with Crippen molar-refractivity contribution in [1.82, 2.24) is 4.98 Å². The van der Waals surface area contributed by atoms with Crippen LogP contribution in [0.5, 0.6) is 0 Å². The molecule has 0 saturated heterocycles. The Morgan fingerprint density at radius 3 is 2.57 bits per heavy atom. The predicted molar refractivity (Wildman–Crippen MR) is 118 cm³/mol. The van der Waals surface area contributed by atoms with Crippen LogP contribution in [-0.2, 0) is 0 Å². The molecule has 1 heterocycles. The Balaban J connectivity index is 1.83. The van der Waals surface area contributed by atoms with Crippen molar-refractivity contribution in [2.45, 2.75) is 20.8 Å². The van der Waals surface area contributed by atoms with Crippen molar-refractivity contribution in [3.05, 3.63) is 71.3 Å². The van der Waals surface area contributed by atoms with Gasteiger partial charge in [0.25, 0.3) is 0 Å². The number of fused-ring (bicyclic) bond motifs is 1. The van der Waals surface area contributed by atoms with E-state index in [-0.39, 0.29) is 0 Å². The van der Waals surface area contributed by atoms with Gasteiger partial charge in [-0.25, -0.2) is 4.98 Å². The number of pyridine rings is 1. The first-order valence-electron chi connectivity index (χ1n) is 9.04. The summed E-state index contributed by atoms with van der Waals surface area (Å²) in [4.78, 5) is 20.2. The average molecular weight is 370 g/mol. The maximum atomic E-state index is 11.1. The van der Waals surface area contributed by atoms with Gasteiger partial charge in [0.05, 0.1) is 16.9 Å². The number of hydrogen-bond acceptors (Lipinski definition) is 5. The highest BCUT2D eigenvalue weighted by atomic mass is 16.1. The van der Waals surface area contributed by atoms with E-state index in [1.54, 1.807) is 12.3 Å². The molecule has 5 nitrogen and oxygen atoms in total. The van der Waals surface area contributed by atoms with Gasteiger partial charge >= 0.3 is 0 Å². The van der Waals surface area contributed by atoms with E-state index in [9.17, 15) is 4.79 Å². The molecule has 5 heteroatoms. The molecule has 1 aromatic heterocycles. The second kappa shape index (κ2) is 8.86. The molecule has 0 spiro atoms. The van der Waals surface area contributed by atoms with E-state index in [1.807, 2.05) is 75.4 Å². The third-order valence-electron chi connectivity index (χ3n) is 4.27. The van der Waals surface area contributed by atoms with Crippen LogP contribution in [0.15, 0.2) is 64.7 Å². The lowest BCUT2D eigenvalue weighted by molar-refractivity contribution is 0.112. The van der Waals surface area contributed by atoms with Gasteiger partial charge in [-0.1, -0.05) is 42.5 Å². The topological polar surface area (TPSA) is 66.7 Å². The Morgan fingerprint density at radius 2 is 1.82 bits per heavy atom. The maximum Gasteiger partial charge on any atom is 0.150 e. The molecule has 0 saturated carbocycles. The van der Waals surface area contributed by atoms with E-state index < -0.39 is 0 Å². The zero-order valence-electron chi connectivity index (χ0n) is 16.2. The third-order valence-corrected chi connectivity index (χ3v) is 4.27. The average Bonchev–Trinajstić information content (AvgIpc) is 2.73. The number of hydrogen-bond donors (Lipinski definition) is 1. The number of carbonyl (C=O) groups excluding carboxylic acids is 1. The first-order valence-corrected chi connectivity index (χ1v) is 9.04. The number of aromatic nitrogens is 1. The molecule has 140 valence electrons. The van der Waals surface area contributed by atoms with Crippen molar-refractivity contribution >= 4 is 46.7 Å². The SMILES string of the molecule is CC=Nc1c(C)ccc2ccc(N/N=C(C)/C=C\c3ccccc3C=O)nc12. The number of hydrazone groups is 1. The monoisotopic (exact) mass is 370 g/mol. The van der Waals surface area contributed by atoms with Gasteiger partial charge in [-0.15, -0.1) is 0 Å². The highest BCUT2D eigenvalue weighted by Gasteiger charge is 2.06. The summed E-state index contributed by atoms with van der Waals surface area (Å²) in [6.07, 6.45) is 6.35. The number of aryl methyl sites for hydroxylation is 1. The lowest BCUT2D eigenvalue weighted by Gasteiger charge is -2.07. The summed E-state index contributed by atoms with van der Waals surface area (Å²) in [6.45, 7) is 5.79. The molecule has 0 aliphatic heterocycles. The molecule has 0 fully saturated rings. The summed E-state index contributed by atoms with van der Waals surface area (Å²) in [6, 6.07) is 15.4. The maximum absolute atomic E-state index is 11.1. The van der Waals surface area contributed by atoms with E-state index >= 15 is 0 Å². The largest absolute Gasteiger partial charge is 0.298 e. The molecule has 0 unspecified atom stereocenters. The predicted octanol–water partition coefficient (Wildman–Crippen LogP) is 5.58. The Labute approximate surface area is 164 Å². The van der Waals surface area contributed by atoms with Crippen LogP contribution >= 0.6 is 0 Å². The molecular formula is C23H22N4O.